The van der Waals surface area contributed by atoms with E-state index in [4.69, 9.17) is 9.84 Å². The summed E-state index contributed by atoms with van der Waals surface area (Å²) < 4.78 is 4.83. The van der Waals surface area contributed by atoms with Gasteiger partial charge in [-0.15, -0.1) is 0 Å². The fraction of sp³-hybridized carbons (Fsp3) is 0.455. The topological polar surface area (TPSA) is 71.5 Å². The standard InChI is InChI=1S/C11H16N2O3/c1-3-16-11(15)9-4-5-10(12-6-9)13-8(2)7-14/h4-6,8,14H,3,7H2,1-2H3,(H,12,13)/t8-/m0/s1. The molecule has 0 aliphatic carbocycles. The molecular weight excluding hydrogens is 208 g/mol. The summed E-state index contributed by atoms with van der Waals surface area (Å²) in [4.78, 5) is 15.4. The summed E-state index contributed by atoms with van der Waals surface area (Å²) >= 11 is 0. The maximum atomic E-state index is 11.3. The fourth-order valence-corrected chi connectivity index (χ4v) is 1.11. The van der Waals surface area contributed by atoms with Crippen molar-refractivity contribution >= 4 is 11.8 Å². The molecule has 88 valence electrons. The van der Waals surface area contributed by atoms with E-state index in [0.717, 1.165) is 0 Å². The zero-order chi connectivity index (χ0) is 12.0. The largest absolute Gasteiger partial charge is 0.462 e. The van der Waals surface area contributed by atoms with E-state index in [9.17, 15) is 4.79 Å². The number of hydrogen-bond acceptors (Lipinski definition) is 5. The van der Waals surface area contributed by atoms with Crippen molar-refractivity contribution in [1.29, 1.82) is 0 Å². The van der Waals surface area contributed by atoms with Gasteiger partial charge in [-0.25, -0.2) is 9.78 Å². The molecule has 0 saturated heterocycles. The molecule has 1 heterocycles. The first-order valence-electron chi connectivity index (χ1n) is 5.18. The van der Waals surface area contributed by atoms with Crippen molar-refractivity contribution in [3.8, 4) is 0 Å². The molecule has 5 nitrogen and oxygen atoms in total. The average molecular weight is 224 g/mol. The summed E-state index contributed by atoms with van der Waals surface area (Å²) in [6.45, 7) is 3.97. The van der Waals surface area contributed by atoms with Gasteiger partial charge in [0.1, 0.15) is 5.82 Å². The highest BCUT2D eigenvalue weighted by Gasteiger charge is 2.07. The second kappa shape index (κ2) is 6.07. The Morgan fingerprint density at radius 3 is 2.88 bits per heavy atom. The van der Waals surface area contributed by atoms with Crippen molar-refractivity contribution < 1.29 is 14.6 Å². The number of ether oxygens (including phenoxy) is 1. The molecule has 0 fully saturated rings. The first-order chi connectivity index (χ1) is 7.67. The molecule has 0 aromatic carbocycles. The SMILES string of the molecule is CCOC(=O)c1ccc(N[C@@H](C)CO)nc1. The maximum absolute atomic E-state index is 11.3. The summed E-state index contributed by atoms with van der Waals surface area (Å²) in [5.74, 6) is 0.242. The summed E-state index contributed by atoms with van der Waals surface area (Å²) in [6, 6.07) is 3.25. The van der Waals surface area contributed by atoms with E-state index in [-0.39, 0.29) is 18.6 Å². The van der Waals surface area contributed by atoms with Gasteiger partial charge in [0.05, 0.1) is 18.8 Å². The molecule has 1 rings (SSSR count). The van der Waals surface area contributed by atoms with Crippen molar-refractivity contribution in [2.75, 3.05) is 18.5 Å². The zero-order valence-electron chi connectivity index (χ0n) is 9.43. The van der Waals surface area contributed by atoms with Crippen LogP contribution in [0.1, 0.15) is 24.2 Å². The highest BCUT2D eigenvalue weighted by atomic mass is 16.5. The van der Waals surface area contributed by atoms with Crippen LogP contribution in [0.25, 0.3) is 0 Å². The van der Waals surface area contributed by atoms with Crippen LogP contribution in [0.3, 0.4) is 0 Å². The first kappa shape index (κ1) is 12.4. The van der Waals surface area contributed by atoms with Gasteiger partial charge in [0.25, 0.3) is 0 Å². The normalized spacial score (nSPS) is 11.9. The number of hydrogen-bond donors (Lipinski definition) is 2. The average Bonchev–Trinajstić information content (AvgIpc) is 2.30. The number of anilines is 1. The quantitative estimate of drug-likeness (QED) is 0.731. The lowest BCUT2D eigenvalue weighted by molar-refractivity contribution is 0.0526. The number of nitrogens with zero attached hydrogens (tertiary/aromatic N) is 1. The summed E-state index contributed by atoms with van der Waals surface area (Å²) in [6.07, 6.45) is 1.45. The lowest BCUT2D eigenvalue weighted by atomic mass is 10.3. The summed E-state index contributed by atoms with van der Waals surface area (Å²) in [5, 5.41) is 11.8. The number of carbonyl (C=O) groups is 1. The van der Waals surface area contributed by atoms with Gasteiger partial charge < -0.3 is 15.2 Å². The van der Waals surface area contributed by atoms with Crippen LogP contribution >= 0.6 is 0 Å². The molecule has 1 aromatic rings. The lowest BCUT2D eigenvalue weighted by Gasteiger charge is -2.11. The van der Waals surface area contributed by atoms with E-state index in [1.165, 1.54) is 6.20 Å². The highest BCUT2D eigenvalue weighted by molar-refractivity contribution is 5.89. The minimum absolute atomic E-state index is 0.0291. The molecular formula is C11H16N2O3. The number of nitrogens with one attached hydrogen (secondary N) is 1. The molecule has 0 spiro atoms. The summed E-state index contributed by atoms with van der Waals surface area (Å²) in [5.41, 5.74) is 0.420. The summed E-state index contributed by atoms with van der Waals surface area (Å²) in [7, 11) is 0. The molecule has 0 amide bonds. The number of aromatic nitrogens is 1. The molecule has 0 aliphatic rings. The molecule has 16 heavy (non-hydrogen) atoms. The number of esters is 1. The van der Waals surface area contributed by atoms with Gasteiger partial charge in [-0.2, -0.15) is 0 Å². The smallest absolute Gasteiger partial charge is 0.339 e. The van der Waals surface area contributed by atoms with Crippen molar-refractivity contribution in [3.05, 3.63) is 23.9 Å². The van der Waals surface area contributed by atoms with Crippen LogP contribution in [-0.4, -0.2) is 35.3 Å². The second-order valence-electron chi connectivity index (χ2n) is 3.38. The predicted molar refractivity (Wildman–Crippen MR) is 60.4 cm³/mol. The van der Waals surface area contributed by atoms with E-state index in [0.29, 0.717) is 18.0 Å². The third-order valence-corrected chi connectivity index (χ3v) is 1.94. The number of aliphatic hydroxyl groups excluding tert-OH is 1. The second-order valence-corrected chi connectivity index (χ2v) is 3.38. The van der Waals surface area contributed by atoms with Gasteiger partial charge >= 0.3 is 5.97 Å². The van der Waals surface area contributed by atoms with Crippen LogP contribution in [0.5, 0.6) is 0 Å². The third-order valence-electron chi connectivity index (χ3n) is 1.94. The van der Waals surface area contributed by atoms with Crippen molar-refractivity contribution in [3.63, 3.8) is 0 Å². The van der Waals surface area contributed by atoms with Crippen LogP contribution in [0.4, 0.5) is 5.82 Å². The van der Waals surface area contributed by atoms with Gasteiger partial charge in [0, 0.05) is 12.2 Å². The Hall–Kier alpha value is -1.62. The molecule has 0 radical (unpaired) electrons. The van der Waals surface area contributed by atoms with E-state index in [2.05, 4.69) is 10.3 Å². The van der Waals surface area contributed by atoms with E-state index < -0.39 is 0 Å². The Bertz CT molecular complexity index is 338. The van der Waals surface area contributed by atoms with E-state index in [1.54, 1.807) is 19.1 Å². The fourth-order valence-electron chi connectivity index (χ4n) is 1.11. The number of aliphatic hydroxyl groups is 1. The van der Waals surface area contributed by atoms with E-state index in [1.807, 2.05) is 6.92 Å². The molecule has 1 atom stereocenters. The first-order valence-corrected chi connectivity index (χ1v) is 5.18. The van der Waals surface area contributed by atoms with Gasteiger partial charge in [0.2, 0.25) is 0 Å². The Labute approximate surface area is 94.5 Å². The minimum Gasteiger partial charge on any atom is -0.462 e. The molecule has 2 N–H and O–H groups in total. The van der Waals surface area contributed by atoms with Crippen LogP contribution in [0.2, 0.25) is 0 Å². The Balaban J connectivity index is 2.64. The van der Waals surface area contributed by atoms with Crippen LogP contribution < -0.4 is 5.32 Å². The minimum atomic E-state index is -0.378. The number of rotatable bonds is 5. The molecule has 0 unspecified atom stereocenters. The van der Waals surface area contributed by atoms with Crippen LogP contribution in [0.15, 0.2) is 18.3 Å². The molecule has 0 saturated carbocycles. The monoisotopic (exact) mass is 224 g/mol. The van der Waals surface area contributed by atoms with Crippen molar-refractivity contribution in [1.82, 2.24) is 4.98 Å². The van der Waals surface area contributed by atoms with Crippen molar-refractivity contribution in [2.24, 2.45) is 0 Å². The van der Waals surface area contributed by atoms with Crippen LogP contribution in [0, 0.1) is 0 Å². The molecule has 5 heteroatoms. The van der Waals surface area contributed by atoms with Gasteiger partial charge in [-0.1, -0.05) is 0 Å². The number of carbonyl (C=O) groups excluding carboxylic acids is 1. The third kappa shape index (κ3) is 3.51. The van der Waals surface area contributed by atoms with Crippen LogP contribution in [-0.2, 0) is 4.74 Å². The molecule has 0 aliphatic heterocycles. The van der Waals surface area contributed by atoms with Crippen molar-refractivity contribution in [2.45, 2.75) is 19.9 Å². The predicted octanol–water partition coefficient (Wildman–Crippen LogP) is 1.05. The zero-order valence-corrected chi connectivity index (χ0v) is 9.43. The van der Waals surface area contributed by atoms with Gasteiger partial charge in [-0.3, -0.25) is 0 Å². The number of pyridine rings is 1. The Kier molecular flexibility index (Phi) is 4.72. The Morgan fingerprint density at radius 2 is 2.38 bits per heavy atom. The van der Waals surface area contributed by atoms with Gasteiger partial charge in [-0.05, 0) is 26.0 Å². The lowest BCUT2D eigenvalue weighted by Crippen LogP contribution is -2.20. The van der Waals surface area contributed by atoms with Gasteiger partial charge in [0.15, 0.2) is 0 Å². The molecule has 0 bridgehead atoms. The maximum Gasteiger partial charge on any atom is 0.339 e. The van der Waals surface area contributed by atoms with E-state index >= 15 is 0 Å². The highest BCUT2D eigenvalue weighted by Crippen LogP contribution is 2.07. The molecule has 1 aromatic heterocycles. The Morgan fingerprint density at radius 1 is 1.62 bits per heavy atom.